The van der Waals surface area contributed by atoms with Crippen LogP contribution in [0.1, 0.15) is 22.3 Å². The van der Waals surface area contributed by atoms with Crippen molar-refractivity contribution in [3.63, 3.8) is 0 Å². The zero-order valence-electron chi connectivity index (χ0n) is 31.9. The van der Waals surface area contributed by atoms with Gasteiger partial charge in [0.25, 0.3) is 5.91 Å². The maximum Gasteiger partial charge on any atom is 0.331 e. The van der Waals surface area contributed by atoms with Crippen LogP contribution in [0.2, 0.25) is 0 Å². The number of para-hydroxylation sites is 2. The number of amides is 3. The lowest BCUT2D eigenvalue weighted by Crippen LogP contribution is -2.54. The van der Waals surface area contributed by atoms with Gasteiger partial charge in [-0.25, -0.2) is 9.86 Å². The van der Waals surface area contributed by atoms with Crippen molar-refractivity contribution in [1.29, 1.82) is 0 Å². The molecule has 0 saturated heterocycles. The number of aliphatic carboxylic acids is 1. The van der Waals surface area contributed by atoms with Crippen LogP contribution < -0.4 is 15.0 Å². The number of hydrogen-bond acceptors (Lipinski definition) is 8. The number of carbonyl (C=O) groups is 5. The normalized spacial score (nSPS) is 13.6. The molecule has 0 bridgehead atoms. The van der Waals surface area contributed by atoms with Crippen molar-refractivity contribution in [3.05, 3.63) is 180 Å². The number of esters is 1. The van der Waals surface area contributed by atoms with Crippen molar-refractivity contribution in [1.82, 2.24) is 10.4 Å². The summed E-state index contributed by atoms with van der Waals surface area (Å²) in [6, 6.07) is 43.1. The molecule has 1 unspecified atom stereocenters. The van der Waals surface area contributed by atoms with Crippen molar-refractivity contribution in [2.45, 2.75) is 32.1 Å². The van der Waals surface area contributed by atoms with E-state index < -0.39 is 35.7 Å². The molecule has 1 aliphatic rings. The third kappa shape index (κ3) is 13.0. The number of benzene rings is 5. The summed E-state index contributed by atoms with van der Waals surface area (Å²) in [5.74, 6) is -2.92. The summed E-state index contributed by atoms with van der Waals surface area (Å²) in [7, 11) is 0. The number of hydrogen-bond donors (Lipinski definition) is 2. The highest BCUT2D eigenvalue weighted by Gasteiger charge is 2.35. The fourth-order valence-corrected chi connectivity index (χ4v) is 5.95. The Labute approximate surface area is 337 Å². The first-order valence-electron chi connectivity index (χ1n) is 18.6. The van der Waals surface area contributed by atoms with Crippen molar-refractivity contribution in [3.8, 4) is 5.75 Å². The Bertz CT molecular complexity index is 2120. The summed E-state index contributed by atoms with van der Waals surface area (Å²) < 4.78 is 11.4. The predicted molar refractivity (Wildman–Crippen MR) is 217 cm³/mol. The van der Waals surface area contributed by atoms with Gasteiger partial charge >= 0.3 is 11.9 Å². The molecule has 1 aliphatic heterocycles. The number of fused-ring (bicyclic) bond motifs is 1. The molecule has 12 nitrogen and oxygen atoms in total. The highest BCUT2D eigenvalue weighted by atomic mass is 16.7. The summed E-state index contributed by atoms with van der Waals surface area (Å²) >= 11 is 0. The Morgan fingerprint density at radius 2 is 1.33 bits per heavy atom. The summed E-state index contributed by atoms with van der Waals surface area (Å²) in [5.41, 5.74) is 4.14. The first-order chi connectivity index (χ1) is 28.2. The van der Waals surface area contributed by atoms with E-state index in [1.54, 1.807) is 24.3 Å². The summed E-state index contributed by atoms with van der Waals surface area (Å²) in [6.45, 7) is 3.05. The van der Waals surface area contributed by atoms with Gasteiger partial charge in [0.05, 0.1) is 18.2 Å². The maximum atomic E-state index is 13.9. The molecule has 3 amide bonds. The number of carboxylic acid groups (broad SMARTS) is 1. The number of anilines is 1. The average molecular weight is 784 g/mol. The van der Waals surface area contributed by atoms with Gasteiger partial charge in [-0.1, -0.05) is 140 Å². The van der Waals surface area contributed by atoms with E-state index in [0.29, 0.717) is 24.3 Å². The van der Waals surface area contributed by atoms with Crippen LogP contribution in [0, 0.1) is 5.92 Å². The van der Waals surface area contributed by atoms with Crippen molar-refractivity contribution >= 4 is 35.9 Å². The molecule has 2 atom stereocenters. The molecule has 0 saturated carbocycles. The zero-order valence-corrected chi connectivity index (χ0v) is 31.9. The standard InChI is InChI=1S/C36H35N3O7.C10H10O2/c40-26-38(46-24-29-16-8-3-9-17-29)21-30(20-27-12-4-1-5-13-27)35(42)37-31-25-44-33-19-11-10-18-32(33)39(36(31)43)22-34(41)45-23-28-14-6-2-7-15-28;1-8(10(11)12)7-9-5-3-2-4-6-9/h1-19,26,30-31H,20-25H2,(H,37,42);2-6H,1,7H2,(H,11,12)/t30?,31-;/m0./s1. The molecular weight excluding hydrogens is 739 g/mol. The minimum Gasteiger partial charge on any atom is -0.489 e. The lowest BCUT2D eigenvalue weighted by atomic mass is 9.97. The van der Waals surface area contributed by atoms with E-state index in [1.165, 1.54) is 4.90 Å². The molecule has 0 spiro atoms. The van der Waals surface area contributed by atoms with Gasteiger partial charge in [-0.2, -0.15) is 0 Å². The molecule has 0 radical (unpaired) electrons. The van der Waals surface area contributed by atoms with Crippen LogP contribution in [0.5, 0.6) is 5.75 Å². The first-order valence-corrected chi connectivity index (χ1v) is 18.6. The molecule has 58 heavy (non-hydrogen) atoms. The predicted octanol–water partition coefficient (Wildman–Crippen LogP) is 5.96. The van der Waals surface area contributed by atoms with Gasteiger partial charge in [0.15, 0.2) is 0 Å². The molecule has 0 aliphatic carbocycles. The van der Waals surface area contributed by atoms with Gasteiger partial charge in [-0.05, 0) is 40.8 Å². The summed E-state index contributed by atoms with van der Waals surface area (Å²) in [5, 5.41) is 12.5. The molecule has 5 aromatic carbocycles. The second-order valence-corrected chi connectivity index (χ2v) is 13.3. The van der Waals surface area contributed by atoms with E-state index in [4.69, 9.17) is 19.4 Å². The van der Waals surface area contributed by atoms with E-state index in [0.717, 1.165) is 27.3 Å². The van der Waals surface area contributed by atoms with E-state index >= 15 is 0 Å². The van der Waals surface area contributed by atoms with Crippen molar-refractivity contribution < 1.29 is 43.4 Å². The zero-order chi connectivity index (χ0) is 41.1. The van der Waals surface area contributed by atoms with Crippen LogP contribution in [0.4, 0.5) is 5.69 Å². The molecule has 1 heterocycles. The number of rotatable bonds is 17. The van der Waals surface area contributed by atoms with Crippen LogP contribution in [-0.4, -0.2) is 66.1 Å². The Kier molecular flexibility index (Phi) is 15.9. The van der Waals surface area contributed by atoms with Gasteiger partial charge < -0.3 is 19.9 Å². The molecular formula is C46H45N3O9. The second-order valence-electron chi connectivity index (χ2n) is 13.3. The van der Waals surface area contributed by atoms with E-state index in [9.17, 15) is 24.0 Å². The highest BCUT2D eigenvalue weighted by molar-refractivity contribution is 6.04. The lowest BCUT2D eigenvalue weighted by Gasteiger charge is -2.27. The van der Waals surface area contributed by atoms with Gasteiger partial charge in [-0.15, -0.1) is 0 Å². The number of nitrogens with one attached hydrogen (secondary N) is 1. The summed E-state index contributed by atoms with van der Waals surface area (Å²) in [6.07, 6.45) is 1.23. The molecule has 2 N–H and O–H groups in total. The van der Waals surface area contributed by atoms with Crippen molar-refractivity contribution in [2.75, 3.05) is 24.6 Å². The van der Waals surface area contributed by atoms with Gasteiger partial charge in [-0.3, -0.25) is 28.9 Å². The molecule has 5 aromatic rings. The third-order valence-corrected chi connectivity index (χ3v) is 8.99. The van der Waals surface area contributed by atoms with Crippen LogP contribution in [0.15, 0.2) is 158 Å². The average Bonchev–Trinajstić information content (AvgIpc) is 3.38. The number of hydroxylamine groups is 2. The third-order valence-electron chi connectivity index (χ3n) is 8.99. The second kappa shape index (κ2) is 21.9. The quantitative estimate of drug-likeness (QED) is 0.0504. The van der Waals surface area contributed by atoms with Crippen LogP contribution in [0.3, 0.4) is 0 Å². The van der Waals surface area contributed by atoms with Crippen LogP contribution >= 0.6 is 0 Å². The summed E-state index contributed by atoms with van der Waals surface area (Å²) in [4.78, 5) is 70.0. The van der Waals surface area contributed by atoms with Gasteiger partial charge in [0.1, 0.15) is 38.2 Å². The monoisotopic (exact) mass is 783 g/mol. The van der Waals surface area contributed by atoms with Gasteiger partial charge in [0.2, 0.25) is 12.3 Å². The lowest BCUT2D eigenvalue weighted by molar-refractivity contribution is -0.182. The van der Waals surface area contributed by atoms with E-state index in [1.807, 2.05) is 121 Å². The Morgan fingerprint density at radius 3 is 1.91 bits per heavy atom. The molecule has 0 fully saturated rings. The fourth-order valence-electron chi connectivity index (χ4n) is 5.95. The smallest absolute Gasteiger partial charge is 0.331 e. The Morgan fingerprint density at radius 1 is 0.793 bits per heavy atom. The molecule has 12 heteroatoms. The highest BCUT2D eigenvalue weighted by Crippen LogP contribution is 2.31. The molecule has 0 aromatic heterocycles. The number of nitrogens with zero attached hydrogens (tertiary/aromatic N) is 2. The number of carbonyl (C=O) groups excluding carboxylic acids is 4. The van der Waals surface area contributed by atoms with Crippen molar-refractivity contribution in [2.24, 2.45) is 5.92 Å². The maximum absolute atomic E-state index is 13.9. The Hall–Kier alpha value is -7.05. The number of carboxylic acids is 1. The van der Waals surface area contributed by atoms with Gasteiger partial charge in [0, 0.05) is 12.0 Å². The topological polar surface area (TPSA) is 152 Å². The molecule has 6 rings (SSSR count). The minimum absolute atomic E-state index is 0.0563. The van der Waals surface area contributed by atoms with Crippen LogP contribution in [-0.2, 0) is 59.6 Å². The SMILES string of the molecule is C=C(Cc1ccccc1)C(=O)O.O=CN(CC(Cc1ccccc1)C(=O)N[C@H]1COc2ccccc2N(CC(=O)OCc2ccccc2)C1=O)OCc1ccccc1. The Balaban J connectivity index is 0.000000458. The number of ether oxygens (including phenoxy) is 2. The van der Waals surface area contributed by atoms with E-state index in [-0.39, 0.29) is 44.9 Å². The largest absolute Gasteiger partial charge is 0.489 e. The fraction of sp³-hybridized carbons (Fsp3) is 0.196. The van der Waals surface area contributed by atoms with E-state index in [2.05, 4.69) is 11.9 Å². The molecule has 298 valence electrons. The first kappa shape index (κ1) is 42.1. The van der Waals surface area contributed by atoms with Crippen LogP contribution in [0.25, 0.3) is 0 Å². The minimum atomic E-state index is -1.12.